The molecule has 2 aromatic rings. The fraction of sp³-hybridized carbons (Fsp3) is 0.421. The van der Waals surface area contributed by atoms with Gasteiger partial charge in [0.15, 0.2) is 0 Å². The number of phenols is 1. The standard InChI is InChI=1S/C19H24O3/c1-3-5-8-14(4-2)13-22-19(21)17-11-15-9-6-7-10-16(15)12-18(17)20/h6-7,9-12,14,20H,3-5,8,13H2,1-2H3. The Hall–Kier alpha value is -2.03. The molecule has 0 amide bonds. The molecule has 1 unspecified atom stereocenters. The Balaban J connectivity index is 2.07. The van der Waals surface area contributed by atoms with Gasteiger partial charge in [-0.2, -0.15) is 0 Å². The second-order valence-electron chi connectivity index (χ2n) is 5.73. The average molecular weight is 300 g/mol. The van der Waals surface area contributed by atoms with Gasteiger partial charge < -0.3 is 9.84 Å². The van der Waals surface area contributed by atoms with Crippen LogP contribution in [-0.2, 0) is 4.74 Å². The van der Waals surface area contributed by atoms with Gasteiger partial charge in [0, 0.05) is 0 Å². The van der Waals surface area contributed by atoms with Crippen molar-refractivity contribution in [2.45, 2.75) is 39.5 Å². The molecular formula is C19H24O3. The van der Waals surface area contributed by atoms with Crippen LogP contribution in [0.3, 0.4) is 0 Å². The summed E-state index contributed by atoms with van der Waals surface area (Å²) >= 11 is 0. The minimum atomic E-state index is -0.446. The largest absolute Gasteiger partial charge is 0.507 e. The minimum absolute atomic E-state index is 0.0229. The first-order valence-electron chi connectivity index (χ1n) is 8.04. The summed E-state index contributed by atoms with van der Waals surface area (Å²) in [5.41, 5.74) is 0.240. The maximum atomic E-state index is 12.2. The van der Waals surface area contributed by atoms with Crippen LogP contribution in [0, 0.1) is 5.92 Å². The van der Waals surface area contributed by atoms with Crippen molar-refractivity contribution in [3.05, 3.63) is 42.0 Å². The van der Waals surface area contributed by atoms with E-state index in [0.717, 1.165) is 36.5 Å². The van der Waals surface area contributed by atoms with Crippen molar-refractivity contribution in [2.24, 2.45) is 5.92 Å². The van der Waals surface area contributed by atoms with Gasteiger partial charge in [-0.15, -0.1) is 0 Å². The molecule has 118 valence electrons. The molecule has 0 spiro atoms. The molecule has 0 heterocycles. The highest BCUT2D eigenvalue weighted by Crippen LogP contribution is 2.26. The lowest BCUT2D eigenvalue weighted by molar-refractivity contribution is 0.0425. The first kappa shape index (κ1) is 16.3. The molecule has 0 saturated heterocycles. The van der Waals surface area contributed by atoms with E-state index in [1.807, 2.05) is 24.3 Å². The highest BCUT2D eigenvalue weighted by Gasteiger charge is 2.16. The Morgan fingerprint density at radius 3 is 2.50 bits per heavy atom. The summed E-state index contributed by atoms with van der Waals surface area (Å²) in [6.07, 6.45) is 4.37. The van der Waals surface area contributed by atoms with Crippen molar-refractivity contribution in [3.8, 4) is 5.75 Å². The SMILES string of the molecule is CCCCC(CC)COC(=O)c1cc2ccccc2cc1O. The molecule has 0 fully saturated rings. The highest BCUT2D eigenvalue weighted by atomic mass is 16.5. The van der Waals surface area contributed by atoms with Gasteiger partial charge >= 0.3 is 5.97 Å². The van der Waals surface area contributed by atoms with Gasteiger partial charge in [0.25, 0.3) is 0 Å². The Labute approximate surface area is 131 Å². The summed E-state index contributed by atoms with van der Waals surface area (Å²) < 4.78 is 5.41. The zero-order chi connectivity index (χ0) is 15.9. The Morgan fingerprint density at radius 1 is 1.18 bits per heavy atom. The average Bonchev–Trinajstić information content (AvgIpc) is 2.54. The van der Waals surface area contributed by atoms with E-state index >= 15 is 0 Å². The summed E-state index contributed by atoms with van der Waals surface area (Å²) in [7, 11) is 0. The van der Waals surface area contributed by atoms with Crippen LogP contribution in [0.1, 0.15) is 49.9 Å². The van der Waals surface area contributed by atoms with Crippen LogP contribution in [0.4, 0.5) is 0 Å². The summed E-state index contributed by atoms with van der Waals surface area (Å²) in [6.45, 7) is 4.69. The fourth-order valence-corrected chi connectivity index (χ4v) is 2.56. The first-order chi connectivity index (χ1) is 10.7. The zero-order valence-corrected chi connectivity index (χ0v) is 13.3. The molecule has 2 rings (SSSR count). The van der Waals surface area contributed by atoms with E-state index in [2.05, 4.69) is 13.8 Å². The molecule has 0 saturated carbocycles. The van der Waals surface area contributed by atoms with Crippen molar-refractivity contribution < 1.29 is 14.6 Å². The number of rotatable bonds is 7. The van der Waals surface area contributed by atoms with Crippen LogP contribution in [0.25, 0.3) is 10.8 Å². The number of carbonyl (C=O) groups is 1. The lowest BCUT2D eigenvalue weighted by Crippen LogP contribution is -2.14. The maximum absolute atomic E-state index is 12.2. The predicted octanol–water partition coefficient (Wildman–Crippen LogP) is 4.92. The van der Waals surface area contributed by atoms with Crippen molar-refractivity contribution >= 4 is 16.7 Å². The normalized spacial score (nSPS) is 12.3. The van der Waals surface area contributed by atoms with E-state index in [1.165, 1.54) is 0 Å². The van der Waals surface area contributed by atoms with Crippen LogP contribution in [0.15, 0.2) is 36.4 Å². The van der Waals surface area contributed by atoms with Crippen molar-refractivity contribution in [2.75, 3.05) is 6.61 Å². The van der Waals surface area contributed by atoms with Crippen molar-refractivity contribution in [3.63, 3.8) is 0 Å². The Bertz CT molecular complexity index is 634. The van der Waals surface area contributed by atoms with Gasteiger partial charge in [-0.25, -0.2) is 4.79 Å². The van der Waals surface area contributed by atoms with Gasteiger partial charge in [0.05, 0.1) is 6.61 Å². The number of unbranched alkanes of at least 4 members (excludes halogenated alkanes) is 1. The van der Waals surface area contributed by atoms with E-state index in [4.69, 9.17) is 4.74 Å². The van der Waals surface area contributed by atoms with Crippen LogP contribution in [-0.4, -0.2) is 17.7 Å². The smallest absolute Gasteiger partial charge is 0.341 e. The quantitative estimate of drug-likeness (QED) is 0.738. The highest BCUT2D eigenvalue weighted by molar-refractivity contribution is 5.98. The van der Waals surface area contributed by atoms with E-state index < -0.39 is 5.97 Å². The van der Waals surface area contributed by atoms with Gasteiger partial charge in [0.1, 0.15) is 11.3 Å². The number of hydrogen-bond acceptors (Lipinski definition) is 3. The number of phenolic OH excluding ortho intramolecular Hbond substituents is 1. The van der Waals surface area contributed by atoms with Crippen molar-refractivity contribution in [1.82, 2.24) is 0 Å². The summed E-state index contributed by atoms with van der Waals surface area (Å²) in [5, 5.41) is 11.9. The van der Waals surface area contributed by atoms with E-state index in [0.29, 0.717) is 12.5 Å². The number of fused-ring (bicyclic) bond motifs is 1. The number of esters is 1. The second kappa shape index (κ2) is 7.83. The summed E-state index contributed by atoms with van der Waals surface area (Å²) in [6, 6.07) is 10.9. The molecular weight excluding hydrogens is 276 g/mol. The third-order valence-corrected chi connectivity index (χ3v) is 4.08. The molecule has 0 bridgehead atoms. The molecule has 0 aliphatic heterocycles. The van der Waals surface area contributed by atoms with Gasteiger partial charge in [-0.3, -0.25) is 0 Å². The Morgan fingerprint density at radius 2 is 1.86 bits per heavy atom. The van der Waals surface area contributed by atoms with Crippen LogP contribution in [0.5, 0.6) is 5.75 Å². The molecule has 0 aromatic heterocycles. The summed E-state index contributed by atoms with van der Waals surface area (Å²) in [5.74, 6) is -0.0741. The monoisotopic (exact) mass is 300 g/mol. The first-order valence-corrected chi connectivity index (χ1v) is 8.04. The van der Waals surface area contributed by atoms with Gasteiger partial charge in [0.2, 0.25) is 0 Å². The number of aromatic hydroxyl groups is 1. The van der Waals surface area contributed by atoms with E-state index in [1.54, 1.807) is 12.1 Å². The topological polar surface area (TPSA) is 46.5 Å². The third-order valence-electron chi connectivity index (χ3n) is 4.08. The Kier molecular flexibility index (Phi) is 5.82. The number of hydrogen-bond donors (Lipinski definition) is 1. The molecule has 0 aliphatic rings. The van der Waals surface area contributed by atoms with Gasteiger partial charge in [-0.1, -0.05) is 57.4 Å². The van der Waals surface area contributed by atoms with Gasteiger partial charge in [-0.05, 0) is 35.2 Å². The number of benzene rings is 2. The van der Waals surface area contributed by atoms with Crippen LogP contribution in [0.2, 0.25) is 0 Å². The number of ether oxygens (including phenoxy) is 1. The third kappa shape index (κ3) is 4.00. The molecule has 1 atom stereocenters. The van der Waals surface area contributed by atoms with Crippen molar-refractivity contribution in [1.29, 1.82) is 0 Å². The summed E-state index contributed by atoms with van der Waals surface area (Å²) in [4.78, 5) is 12.2. The van der Waals surface area contributed by atoms with Crippen LogP contribution < -0.4 is 0 Å². The molecule has 1 N–H and O–H groups in total. The molecule has 3 nitrogen and oxygen atoms in total. The lowest BCUT2D eigenvalue weighted by Gasteiger charge is -2.15. The molecule has 22 heavy (non-hydrogen) atoms. The molecule has 2 aromatic carbocycles. The number of carbonyl (C=O) groups excluding carboxylic acids is 1. The predicted molar refractivity (Wildman–Crippen MR) is 89.2 cm³/mol. The zero-order valence-electron chi connectivity index (χ0n) is 13.3. The second-order valence-corrected chi connectivity index (χ2v) is 5.73. The molecule has 0 radical (unpaired) electrons. The minimum Gasteiger partial charge on any atom is -0.507 e. The van der Waals surface area contributed by atoms with E-state index in [9.17, 15) is 9.90 Å². The maximum Gasteiger partial charge on any atom is 0.341 e. The molecule has 3 heteroatoms. The fourth-order valence-electron chi connectivity index (χ4n) is 2.56. The molecule has 0 aliphatic carbocycles. The van der Waals surface area contributed by atoms with E-state index in [-0.39, 0.29) is 11.3 Å². The van der Waals surface area contributed by atoms with Crippen LogP contribution >= 0.6 is 0 Å². The lowest BCUT2D eigenvalue weighted by atomic mass is 10.0.